The van der Waals surface area contributed by atoms with Crippen molar-refractivity contribution in [2.45, 2.75) is 18.6 Å². The van der Waals surface area contributed by atoms with Gasteiger partial charge in [-0.05, 0) is 18.6 Å². The summed E-state index contributed by atoms with van der Waals surface area (Å²) in [6.45, 7) is 0.907. The minimum absolute atomic E-state index is 0.303. The van der Waals surface area contributed by atoms with Crippen LogP contribution in [-0.2, 0) is 11.8 Å². The summed E-state index contributed by atoms with van der Waals surface area (Å²) in [5.74, 6) is 1.10. The average Bonchev–Trinajstić information content (AvgIpc) is 2.95. The maximum atomic E-state index is 5.38. The largest absolute Gasteiger partial charge is 0.380 e. The average molecular weight is 231 g/mol. The number of fused-ring (bicyclic) bond motifs is 1. The smallest absolute Gasteiger partial charge is 0.126 e. The highest BCUT2D eigenvalue weighted by atomic mass is 16.5. The predicted octanol–water partition coefficient (Wildman–Crippen LogP) is 1.62. The number of aromatic nitrogens is 2. The number of para-hydroxylation sites is 2. The molecule has 1 fully saturated rings. The van der Waals surface area contributed by atoms with Crippen LogP contribution in [0.4, 0.5) is 0 Å². The van der Waals surface area contributed by atoms with Crippen molar-refractivity contribution in [3.05, 3.63) is 30.1 Å². The maximum Gasteiger partial charge on any atom is 0.126 e. The van der Waals surface area contributed by atoms with E-state index < -0.39 is 0 Å². The molecule has 2 heterocycles. The van der Waals surface area contributed by atoms with Crippen LogP contribution < -0.4 is 5.32 Å². The minimum Gasteiger partial charge on any atom is -0.380 e. The van der Waals surface area contributed by atoms with Gasteiger partial charge >= 0.3 is 0 Å². The third kappa shape index (κ3) is 1.73. The van der Waals surface area contributed by atoms with E-state index in [-0.39, 0.29) is 0 Å². The Bertz CT molecular complexity index is 534. The van der Waals surface area contributed by atoms with Crippen LogP contribution in [0.1, 0.15) is 18.3 Å². The number of nitrogens with one attached hydrogen (secondary N) is 1. The number of methoxy groups -OCH3 is 1. The number of aryl methyl sites for hydroxylation is 1. The lowest BCUT2D eigenvalue weighted by Crippen LogP contribution is -2.18. The zero-order valence-corrected chi connectivity index (χ0v) is 10.2. The van der Waals surface area contributed by atoms with Crippen LogP contribution in [0.3, 0.4) is 0 Å². The Morgan fingerprint density at radius 1 is 1.41 bits per heavy atom. The number of rotatable bonds is 2. The van der Waals surface area contributed by atoms with Crippen LogP contribution in [0.15, 0.2) is 24.3 Å². The highest BCUT2D eigenvalue weighted by molar-refractivity contribution is 5.75. The van der Waals surface area contributed by atoms with E-state index in [1.165, 1.54) is 5.52 Å². The van der Waals surface area contributed by atoms with E-state index in [9.17, 15) is 0 Å². The fourth-order valence-corrected chi connectivity index (χ4v) is 2.56. The monoisotopic (exact) mass is 231 g/mol. The van der Waals surface area contributed by atoms with Crippen molar-refractivity contribution < 1.29 is 4.74 Å². The van der Waals surface area contributed by atoms with Crippen LogP contribution in [0.2, 0.25) is 0 Å². The van der Waals surface area contributed by atoms with E-state index >= 15 is 0 Å². The van der Waals surface area contributed by atoms with Gasteiger partial charge in [0.05, 0.1) is 23.2 Å². The second-order valence-corrected chi connectivity index (χ2v) is 4.57. The molecule has 0 spiro atoms. The first-order valence-corrected chi connectivity index (χ1v) is 5.97. The van der Waals surface area contributed by atoms with E-state index in [1.54, 1.807) is 7.11 Å². The molecule has 2 aromatic rings. The first-order valence-electron chi connectivity index (χ1n) is 5.97. The van der Waals surface area contributed by atoms with Crippen molar-refractivity contribution in [2.24, 2.45) is 7.05 Å². The normalized spacial score (nSPS) is 24.6. The van der Waals surface area contributed by atoms with E-state index in [4.69, 9.17) is 9.72 Å². The van der Waals surface area contributed by atoms with Gasteiger partial charge in [-0.15, -0.1) is 0 Å². The molecule has 1 aliphatic rings. The molecule has 3 rings (SSSR count). The fourth-order valence-electron chi connectivity index (χ4n) is 2.56. The van der Waals surface area contributed by atoms with Crippen molar-refractivity contribution in [1.29, 1.82) is 0 Å². The molecule has 1 saturated heterocycles. The maximum absolute atomic E-state index is 5.38. The number of imidazole rings is 1. The van der Waals surface area contributed by atoms with Gasteiger partial charge in [0.15, 0.2) is 0 Å². The molecule has 1 aliphatic heterocycles. The molecule has 0 aliphatic carbocycles. The third-order valence-electron chi connectivity index (χ3n) is 3.56. The number of hydrogen-bond donors (Lipinski definition) is 1. The summed E-state index contributed by atoms with van der Waals surface area (Å²) in [5, 5.41) is 3.47. The Kier molecular flexibility index (Phi) is 2.61. The quantitative estimate of drug-likeness (QED) is 0.853. The van der Waals surface area contributed by atoms with E-state index in [0.29, 0.717) is 12.1 Å². The van der Waals surface area contributed by atoms with Crippen LogP contribution in [0.25, 0.3) is 11.0 Å². The van der Waals surface area contributed by atoms with Gasteiger partial charge in [0.2, 0.25) is 0 Å². The number of hydrogen-bond acceptors (Lipinski definition) is 3. The van der Waals surface area contributed by atoms with Crippen molar-refractivity contribution in [2.75, 3.05) is 13.7 Å². The Balaban J connectivity index is 1.98. The van der Waals surface area contributed by atoms with Gasteiger partial charge < -0.3 is 14.6 Å². The Labute approximate surface area is 101 Å². The summed E-state index contributed by atoms with van der Waals surface area (Å²) in [5.41, 5.74) is 2.25. The van der Waals surface area contributed by atoms with E-state index in [0.717, 1.165) is 24.3 Å². The molecular weight excluding hydrogens is 214 g/mol. The first kappa shape index (κ1) is 10.7. The van der Waals surface area contributed by atoms with Gasteiger partial charge in [-0.2, -0.15) is 0 Å². The molecule has 1 aromatic carbocycles. The van der Waals surface area contributed by atoms with E-state index in [2.05, 4.69) is 29.1 Å². The third-order valence-corrected chi connectivity index (χ3v) is 3.56. The zero-order chi connectivity index (χ0) is 11.8. The Morgan fingerprint density at radius 2 is 2.24 bits per heavy atom. The van der Waals surface area contributed by atoms with Gasteiger partial charge in [-0.1, -0.05) is 12.1 Å². The second-order valence-electron chi connectivity index (χ2n) is 4.57. The minimum atomic E-state index is 0.303. The molecule has 2 atom stereocenters. The van der Waals surface area contributed by atoms with Gasteiger partial charge in [-0.25, -0.2) is 4.98 Å². The van der Waals surface area contributed by atoms with Crippen molar-refractivity contribution in [1.82, 2.24) is 14.9 Å². The molecule has 1 aromatic heterocycles. The lowest BCUT2D eigenvalue weighted by molar-refractivity contribution is 0.117. The van der Waals surface area contributed by atoms with Crippen molar-refractivity contribution in [3.63, 3.8) is 0 Å². The Hall–Kier alpha value is -1.39. The van der Waals surface area contributed by atoms with E-state index in [1.807, 2.05) is 12.1 Å². The van der Waals surface area contributed by atoms with Crippen LogP contribution in [0, 0.1) is 0 Å². The number of nitrogens with zero attached hydrogens (tertiary/aromatic N) is 2. The first-order chi connectivity index (χ1) is 8.29. The van der Waals surface area contributed by atoms with Gasteiger partial charge in [0, 0.05) is 20.7 Å². The summed E-state index contributed by atoms with van der Waals surface area (Å²) >= 11 is 0. The topological polar surface area (TPSA) is 39.1 Å². The lowest BCUT2D eigenvalue weighted by atomic mass is 10.2. The van der Waals surface area contributed by atoms with Crippen molar-refractivity contribution >= 4 is 11.0 Å². The van der Waals surface area contributed by atoms with Gasteiger partial charge in [0.1, 0.15) is 5.82 Å². The van der Waals surface area contributed by atoms with Gasteiger partial charge in [-0.3, -0.25) is 0 Å². The zero-order valence-electron chi connectivity index (χ0n) is 10.2. The molecule has 0 bridgehead atoms. The van der Waals surface area contributed by atoms with Crippen molar-refractivity contribution in [3.8, 4) is 0 Å². The van der Waals surface area contributed by atoms with Crippen LogP contribution >= 0.6 is 0 Å². The highest BCUT2D eigenvalue weighted by Gasteiger charge is 2.28. The summed E-state index contributed by atoms with van der Waals surface area (Å²) in [4.78, 5) is 4.71. The second kappa shape index (κ2) is 4.13. The molecule has 4 nitrogen and oxygen atoms in total. The molecule has 1 N–H and O–H groups in total. The molecule has 4 heteroatoms. The molecule has 2 unspecified atom stereocenters. The summed E-state index contributed by atoms with van der Waals surface area (Å²) in [6.07, 6.45) is 1.30. The summed E-state index contributed by atoms with van der Waals surface area (Å²) in [6, 6.07) is 8.54. The highest BCUT2D eigenvalue weighted by Crippen LogP contribution is 2.26. The summed E-state index contributed by atoms with van der Waals surface area (Å²) < 4.78 is 7.55. The fraction of sp³-hybridized carbons (Fsp3) is 0.462. The molecule has 90 valence electrons. The molecule has 0 radical (unpaired) electrons. The van der Waals surface area contributed by atoms with Gasteiger partial charge in [0.25, 0.3) is 0 Å². The Morgan fingerprint density at radius 3 is 2.94 bits per heavy atom. The number of benzene rings is 1. The molecule has 0 amide bonds. The molecule has 17 heavy (non-hydrogen) atoms. The van der Waals surface area contributed by atoms with Crippen LogP contribution in [0.5, 0.6) is 0 Å². The number of ether oxygens (including phenoxy) is 1. The van der Waals surface area contributed by atoms with Crippen LogP contribution in [-0.4, -0.2) is 29.3 Å². The SMILES string of the molecule is COC1CNC(c2nc3ccccc3n2C)C1. The molecular formula is C13H17N3O. The lowest BCUT2D eigenvalue weighted by Gasteiger charge is -2.10. The standard InChI is InChI=1S/C13H17N3O/c1-16-12-6-4-3-5-10(12)15-13(16)11-7-9(17-2)8-14-11/h3-6,9,11,14H,7-8H2,1-2H3. The predicted molar refractivity (Wildman–Crippen MR) is 66.9 cm³/mol. The molecule has 0 saturated carbocycles. The summed E-state index contributed by atoms with van der Waals surface area (Å²) in [7, 11) is 3.84.